The Morgan fingerprint density at radius 1 is 0.424 bits per heavy atom. The van der Waals surface area contributed by atoms with Gasteiger partial charge < -0.3 is 56.8 Å². The van der Waals surface area contributed by atoms with E-state index in [1.807, 2.05) is 0 Å². The maximum atomic E-state index is 12.6. The van der Waals surface area contributed by atoms with Gasteiger partial charge in [0.1, 0.15) is 19.8 Å². The molecule has 9 aliphatic rings. The van der Waals surface area contributed by atoms with Crippen molar-refractivity contribution in [2.45, 2.75) is 101 Å². The average Bonchev–Trinajstić information content (AvgIpc) is 4.19. The number of rotatable bonds is 30. The van der Waals surface area contributed by atoms with Crippen LogP contribution in [0, 0.1) is 58.7 Å². The van der Waals surface area contributed by atoms with Crippen LogP contribution >= 0.6 is 0 Å². The SMILES string of the molecule is CCC(CCOCCOCCOC(=O)C1CC2CC1C1OC21)(CCOCCOCCOC(=O)C1CC2CC1C1OC21)COCCOCCOC(=O)C1CC2CC1C1OC21. The van der Waals surface area contributed by atoms with Gasteiger partial charge in [0.2, 0.25) is 0 Å². The van der Waals surface area contributed by atoms with Crippen LogP contribution in [0.4, 0.5) is 0 Å². The Bertz CT molecular complexity index is 1380. The van der Waals surface area contributed by atoms with E-state index in [2.05, 4.69) is 6.92 Å². The fraction of sp³-hybridized carbons (Fsp3) is 0.932. The van der Waals surface area contributed by atoms with E-state index in [1.54, 1.807) is 0 Å². The minimum absolute atomic E-state index is 0.0170. The quantitative estimate of drug-likeness (QED) is 0.0447. The molecule has 0 radical (unpaired) electrons. The summed E-state index contributed by atoms with van der Waals surface area (Å²) in [5.74, 6) is 2.25. The van der Waals surface area contributed by atoms with E-state index in [4.69, 9.17) is 56.8 Å². The van der Waals surface area contributed by atoms with Crippen LogP contribution in [-0.4, -0.2) is 154 Å². The zero-order valence-electron chi connectivity index (χ0n) is 34.8. The molecule has 59 heavy (non-hydrogen) atoms. The molecule has 332 valence electrons. The standard InChI is InChI=1S/C44H66O15/c1-2-44(25-53-12-11-52-15-18-56-43(47)34-24-28-21-31(34)40-37(28)59-40,3-5-48-7-9-50-13-16-54-41(45)32-22-26-19-29(32)38-35(26)57-38)4-6-49-8-10-51-14-17-55-42(46)33-23-27-20-30(33)39-36(27)58-39/h26-40H,2-25H2,1H3. The Kier molecular flexibility index (Phi) is 13.8. The number of ether oxygens (including phenoxy) is 12. The van der Waals surface area contributed by atoms with Gasteiger partial charge in [-0.2, -0.15) is 0 Å². The van der Waals surface area contributed by atoms with E-state index in [1.165, 1.54) is 0 Å². The molecule has 3 saturated heterocycles. The monoisotopic (exact) mass is 834 g/mol. The first kappa shape index (κ1) is 42.4. The number of hydrogen-bond donors (Lipinski definition) is 0. The van der Waals surface area contributed by atoms with Gasteiger partial charge in [0.15, 0.2) is 0 Å². The summed E-state index contributed by atoms with van der Waals surface area (Å²) in [6, 6.07) is 0. The average molecular weight is 835 g/mol. The van der Waals surface area contributed by atoms with E-state index >= 15 is 0 Å². The largest absolute Gasteiger partial charge is 0.463 e. The van der Waals surface area contributed by atoms with Crippen molar-refractivity contribution < 1.29 is 71.2 Å². The first-order valence-corrected chi connectivity index (χ1v) is 22.9. The highest BCUT2D eigenvalue weighted by Crippen LogP contribution is 2.61. The summed E-state index contributed by atoms with van der Waals surface area (Å²) in [4.78, 5) is 37.7. The fourth-order valence-corrected chi connectivity index (χ4v) is 12.0. The van der Waals surface area contributed by atoms with Crippen molar-refractivity contribution in [3.05, 3.63) is 0 Å². The van der Waals surface area contributed by atoms with Crippen molar-refractivity contribution in [3.8, 4) is 0 Å². The Balaban J connectivity index is 0.617. The highest BCUT2D eigenvalue weighted by molar-refractivity contribution is 5.75. The van der Waals surface area contributed by atoms with Gasteiger partial charge in [0.25, 0.3) is 0 Å². The van der Waals surface area contributed by atoms with Gasteiger partial charge in [-0.15, -0.1) is 0 Å². The number of carbonyl (C=O) groups excluding carboxylic acids is 3. The second-order valence-electron chi connectivity index (χ2n) is 18.7. The number of fused-ring (bicyclic) bond motifs is 15. The van der Waals surface area contributed by atoms with Gasteiger partial charge in [-0.05, 0) is 81.0 Å². The minimum atomic E-state index is -0.166. The fourth-order valence-electron chi connectivity index (χ4n) is 12.0. The number of carbonyl (C=O) groups is 3. The first-order chi connectivity index (χ1) is 28.9. The van der Waals surface area contributed by atoms with Crippen molar-refractivity contribution in [3.63, 3.8) is 0 Å². The second-order valence-corrected chi connectivity index (χ2v) is 18.7. The lowest BCUT2D eigenvalue weighted by Gasteiger charge is -2.32. The molecule has 15 unspecified atom stereocenters. The molecule has 6 aliphatic carbocycles. The Labute approximate surface area is 347 Å². The van der Waals surface area contributed by atoms with Crippen LogP contribution < -0.4 is 0 Å². The van der Waals surface area contributed by atoms with Gasteiger partial charge in [-0.25, -0.2) is 0 Å². The molecule has 15 atom stereocenters. The third kappa shape index (κ3) is 9.83. The van der Waals surface area contributed by atoms with Crippen LogP contribution in [-0.2, 0) is 71.2 Å². The molecule has 0 spiro atoms. The zero-order valence-corrected chi connectivity index (χ0v) is 34.8. The van der Waals surface area contributed by atoms with Crippen LogP contribution in [0.15, 0.2) is 0 Å². The molecule has 9 rings (SSSR count). The maximum absolute atomic E-state index is 12.6. The number of epoxide rings is 3. The van der Waals surface area contributed by atoms with Crippen LogP contribution in [0.25, 0.3) is 0 Å². The van der Waals surface area contributed by atoms with Crippen molar-refractivity contribution in [1.29, 1.82) is 0 Å². The second kappa shape index (κ2) is 19.2. The summed E-state index contributed by atoms with van der Waals surface area (Å²) < 4.78 is 68.8. The molecule has 0 amide bonds. The lowest BCUT2D eigenvalue weighted by atomic mass is 9.80. The van der Waals surface area contributed by atoms with Gasteiger partial charge >= 0.3 is 17.9 Å². The highest BCUT2D eigenvalue weighted by Gasteiger charge is 2.66. The van der Waals surface area contributed by atoms with Gasteiger partial charge in [-0.1, -0.05) is 6.92 Å². The van der Waals surface area contributed by atoms with Gasteiger partial charge in [0, 0.05) is 31.0 Å². The Morgan fingerprint density at radius 3 is 1.07 bits per heavy atom. The normalized spacial score (nSPS) is 39.1. The molecule has 6 saturated carbocycles. The lowest BCUT2D eigenvalue weighted by molar-refractivity contribution is -0.152. The molecule has 3 aliphatic heterocycles. The van der Waals surface area contributed by atoms with Crippen molar-refractivity contribution in [2.75, 3.05) is 99.1 Å². The van der Waals surface area contributed by atoms with Crippen molar-refractivity contribution in [2.24, 2.45) is 58.7 Å². The molecule has 0 aromatic rings. The van der Waals surface area contributed by atoms with E-state index in [0.29, 0.717) is 145 Å². The first-order valence-electron chi connectivity index (χ1n) is 22.9. The van der Waals surface area contributed by atoms with E-state index in [9.17, 15) is 14.4 Å². The Hall–Kier alpha value is -1.95. The molecule has 6 bridgehead atoms. The summed E-state index contributed by atoms with van der Waals surface area (Å²) in [6.07, 6.45) is 10.5. The lowest BCUT2D eigenvalue weighted by Crippen LogP contribution is -2.31. The summed E-state index contributed by atoms with van der Waals surface area (Å²) in [6.45, 7) is 8.10. The van der Waals surface area contributed by atoms with E-state index < -0.39 is 0 Å². The topological polar surface area (TPSA) is 172 Å². The molecule has 3 heterocycles. The third-order valence-electron chi connectivity index (χ3n) is 15.4. The Morgan fingerprint density at radius 2 is 0.746 bits per heavy atom. The third-order valence-corrected chi connectivity index (χ3v) is 15.4. The molecule has 15 nitrogen and oxygen atoms in total. The van der Waals surface area contributed by atoms with Crippen LogP contribution in [0.1, 0.15) is 64.7 Å². The molecule has 15 heteroatoms. The summed E-state index contributed by atoms with van der Waals surface area (Å²) in [5, 5.41) is 0. The predicted molar refractivity (Wildman–Crippen MR) is 205 cm³/mol. The molecular weight excluding hydrogens is 768 g/mol. The summed E-state index contributed by atoms with van der Waals surface area (Å²) in [7, 11) is 0. The van der Waals surface area contributed by atoms with Crippen LogP contribution in [0.5, 0.6) is 0 Å². The minimum Gasteiger partial charge on any atom is -0.463 e. The summed E-state index contributed by atoms with van der Waals surface area (Å²) in [5.41, 5.74) is -0.166. The number of esters is 3. The smallest absolute Gasteiger partial charge is 0.309 e. The maximum Gasteiger partial charge on any atom is 0.309 e. The van der Waals surface area contributed by atoms with Crippen LogP contribution in [0.3, 0.4) is 0 Å². The van der Waals surface area contributed by atoms with Gasteiger partial charge in [-0.3, -0.25) is 14.4 Å². The van der Waals surface area contributed by atoms with E-state index in [-0.39, 0.29) is 67.0 Å². The van der Waals surface area contributed by atoms with Gasteiger partial charge in [0.05, 0.1) is 120 Å². The van der Waals surface area contributed by atoms with Crippen molar-refractivity contribution in [1.82, 2.24) is 0 Å². The van der Waals surface area contributed by atoms with E-state index in [0.717, 1.165) is 57.8 Å². The molecular formula is C44H66O15. The summed E-state index contributed by atoms with van der Waals surface area (Å²) >= 11 is 0. The molecule has 0 aromatic heterocycles. The molecule has 0 aromatic carbocycles. The van der Waals surface area contributed by atoms with Crippen molar-refractivity contribution >= 4 is 17.9 Å². The molecule has 0 N–H and O–H groups in total. The predicted octanol–water partition coefficient (Wildman–Crippen LogP) is 3.16. The highest BCUT2D eigenvalue weighted by atomic mass is 16.6. The zero-order chi connectivity index (χ0) is 40.3. The van der Waals surface area contributed by atoms with Crippen LogP contribution in [0.2, 0.25) is 0 Å². The molecule has 9 fully saturated rings. The number of hydrogen-bond acceptors (Lipinski definition) is 15.